The molecule has 0 heterocycles. The number of carbonyl (C=O) groups is 2. The molecule has 0 atom stereocenters. The van der Waals surface area contributed by atoms with E-state index in [-0.39, 0.29) is 24.8 Å². The number of esters is 1. The van der Waals surface area contributed by atoms with Gasteiger partial charge < -0.3 is 19.1 Å². The Morgan fingerprint density at radius 3 is 2.60 bits per heavy atom. The Hall–Kier alpha value is -2.76. The normalized spacial score (nSPS) is 10.4. The maximum atomic E-state index is 12.3. The quantitative estimate of drug-likeness (QED) is 0.370. The van der Waals surface area contributed by atoms with Gasteiger partial charge in [-0.1, -0.05) is 12.1 Å². The summed E-state index contributed by atoms with van der Waals surface area (Å²) < 4.78 is 15.4. The van der Waals surface area contributed by atoms with E-state index >= 15 is 0 Å². The number of rotatable bonds is 10. The smallest absolute Gasteiger partial charge is 0.307 e. The van der Waals surface area contributed by atoms with Crippen LogP contribution in [0.15, 0.2) is 36.9 Å². The maximum absolute atomic E-state index is 12.3. The minimum absolute atomic E-state index is 0.140. The van der Waals surface area contributed by atoms with E-state index in [2.05, 4.69) is 11.3 Å². The third kappa shape index (κ3) is 6.71. The van der Waals surface area contributed by atoms with Crippen molar-refractivity contribution in [2.45, 2.75) is 13.3 Å². The largest absolute Gasteiger partial charge is 0.493 e. The summed E-state index contributed by atoms with van der Waals surface area (Å²) in [6.07, 6.45) is 4.90. The summed E-state index contributed by atoms with van der Waals surface area (Å²) >= 11 is 0. The van der Waals surface area contributed by atoms with E-state index in [4.69, 9.17) is 9.47 Å². The minimum atomic E-state index is -0.359. The van der Waals surface area contributed by atoms with E-state index in [1.807, 2.05) is 13.0 Å². The van der Waals surface area contributed by atoms with E-state index < -0.39 is 0 Å². The van der Waals surface area contributed by atoms with Gasteiger partial charge in [-0.2, -0.15) is 0 Å². The van der Waals surface area contributed by atoms with Crippen molar-refractivity contribution in [1.82, 2.24) is 4.90 Å². The fourth-order valence-electron chi connectivity index (χ4n) is 2.11. The highest BCUT2D eigenvalue weighted by Crippen LogP contribution is 2.28. The highest BCUT2D eigenvalue weighted by molar-refractivity contribution is 5.92. The fraction of sp³-hybridized carbons (Fsp3) is 0.368. The van der Waals surface area contributed by atoms with Crippen molar-refractivity contribution < 1.29 is 23.8 Å². The van der Waals surface area contributed by atoms with Gasteiger partial charge >= 0.3 is 5.97 Å². The molecular weight excluding hydrogens is 322 g/mol. The lowest BCUT2D eigenvalue weighted by atomic mass is 10.2. The van der Waals surface area contributed by atoms with Crippen molar-refractivity contribution >= 4 is 18.0 Å². The Balaban J connectivity index is 2.81. The molecule has 0 saturated carbocycles. The third-order valence-electron chi connectivity index (χ3n) is 3.38. The third-order valence-corrected chi connectivity index (χ3v) is 3.38. The molecule has 0 fully saturated rings. The number of amides is 1. The average molecular weight is 347 g/mol. The number of benzene rings is 1. The molecule has 1 rings (SSSR count). The topological polar surface area (TPSA) is 65.1 Å². The van der Waals surface area contributed by atoms with Gasteiger partial charge in [-0.15, -0.1) is 6.58 Å². The molecule has 1 aromatic carbocycles. The van der Waals surface area contributed by atoms with Crippen molar-refractivity contribution in [2.24, 2.45) is 0 Å². The first-order valence-corrected chi connectivity index (χ1v) is 8.01. The van der Waals surface area contributed by atoms with Crippen LogP contribution in [0.4, 0.5) is 0 Å². The van der Waals surface area contributed by atoms with Crippen LogP contribution in [0.1, 0.15) is 18.9 Å². The van der Waals surface area contributed by atoms with Crippen LogP contribution in [-0.2, 0) is 14.3 Å². The van der Waals surface area contributed by atoms with Crippen LogP contribution in [0.2, 0.25) is 0 Å². The van der Waals surface area contributed by atoms with Crippen LogP contribution in [0.25, 0.3) is 6.08 Å². The Morgan fingerprint density at radius 2 is 2.00 bits per heavy atom. The lowest BCUT2D eigenvalue weighted by Crippen LogP contribution is -2.32. The summed E-state index contributed by atoms with van der Waals surface area (Å²) in [6, 6.07) is 5.43. The highest BCUT2D eigenvalue weighted by Gasteiger charge is 2.11. The SMILES string of the molecule is C=CCN(CCC(=O)OC)C(=O)/C=C/c1ccc(OCC)c(OC)c1. The van der Waals surface area contributed by atoms with E-state index in [1.165, 1.54) is 18.1 Å². The van der Waals surface area contributed by atoms with Gasteiger partial charge in [-0.3, -0.25) is 9.59 Å². The summed E-state index contributed by atoms with van der Waals surface area (Å²) in [6.45, 7) is 6.70. The van der Waals surface area contributed by atoms with Crippen LogP contribution >= 0.6 is 0 Å². The highest BCUT2D eigenvalue weighted by atomic mass is 16.5. The summed E-state index contributed by atoms with van der Waals surface area (Å²) in [4.78, 5) is 25.1. The van der Waals surface area contributed by atoms with Crippen LogP contribution in [0.3, 0.4) is 0 Å². The van der Waals surface area contributed by atoms with E-state index in [0.717, 1.165) is 5.56 Å². The van der Waals surface area contributed by atoms with Gasteiger partial charge in [0.05, 0.1) is 27.2 Å². The molecule has 0 unspecified atom stereocenters. The monoisotopic (exact) mass is 347 g/mol. The van der Waals surface area contributed by atoms with Crippen molar-refractivity contribution in [3.8, 4) is 11.5 Å². The number of ether oxygens (including phenoxy) is 3. The van der Waals surface area contributed by atoms with E-state index in [1.54, 1.807) is 31.4 Å². The number of hydrogen-bond acceptors (Lipinski definition) is 5. The number of methoxy groups -OCH3 is 2. The van der Waals surface area contributed by atoms with Crippen molar-refractivity contribution in [3.05, 3.63) is 42.5 Å². The number of nitrogens with zero attached hydrogens (tertiary/aromatic N) is 1. The molecule has 6 nitrogen and oxygen atoms in total. The minimum Gasteiger partial charge on any atom is -0.493 e. The Kier molecular flexibility index (Phi) is 8.85. The average Bonchev–Trinajstić information content (AvgIpc) is 2.63. The zero-order valence-corrected chi connectivity index (χ0v) is 15.0. The molecule has 1 aromatic rings. The van der Waals surface area contributed by atoms with Crippen LogP contribution in [0.5, 0.6) is 11.5 Å². The lowest BCUT2D eigenvalue weighted by molar-refractivity contribution is -0.141. The molecule has 0 spiro atoms. The maximum Gasteiger partial charge on any atom is 0.307 e. The van der Waals surface area contributed by atoms with E-state index in [0.29, 0.717) is 24.7 Å². The molecule has 1 amide bonds. The fourth-order valence-corrected chi connectivity index (χ4v) is 2.11. The summed E-state index contributed by atoms with van der Waals surface area (Å²) in [5.74, 6) is 0.684. The summed E-state index contributed by atoms with van der Waals surface area (Å²) in [5, 5.41) is 0. The standard InChI is InChI=1S/C19H25NO5/c1-5-12-20(13-11-19(22)24-4)18(21)10-8-15-7-9-16(25-6-2)17(14-15)23-3/h5,7-10,14H,1,6,11-13H2,2-4H3/b10-8+. The molecule has 0 aromatic heterocycles. The molecule has 0 N–H and O–H groups in total. The first-order chi connectivity index (χ1) is 12.0. The second-order valence-corrected chi connectivity index (χ2v) is 5.08. The van der Waals surface area contributed by atoms with Gasteiger partial charge in [0.2, 0.25) is 5.91 Å². The number of hydrogen-bond donors (Lipinski definition) is 0. The Bertz CT molecular complexity index is 624. The summed E-state index contributed by atoms with van der Waals surface area (Å²) in [7, 11) is 2.89. The van der Waals surface area contributed by atoms with Gasteiger partial charge in [0.1, 0.15) is 0 Å². The second kappa shape index (κ2) is 10.9. The molecular formula is C19H25NO5. The van der Waals surface area contributed by atoms with Crippen molar-refractivity contribution in [2.75, 3.05) is 33.9 Å². The second-order valence-electron chi connectivity index (χ2n) is 5.08. The predicted octanol–water partition coefficient (Wildman–Crippen LogP) is 2.68. The van der Waals surface area contributed by atoms with Crippen LogP contribution in [-0.4, -0.2) is 50.7 Å². The molecule has 25 heavy (non-hydrogen) atoms. The predicted molar refractivity (Wildman–Crippen MR) is 96.6 cm³/mol. The first kappa shape index (κ1) is 20.3. The van der Waals surface area contributed by atoms with Gasteiger partial charge in [0.25, 0.3) is 0 Å². The Morgan fingerprint density at radius 1 is 1.24 bits per heavy atom. The molecule has 0 bridgehead atoms. The molecule has 0 aliphatic carbocycles. The zero-order chi connectivity index (χ0) is 18.7. The molecule has 0 saturated heterocycles. The van der Waals surface area contributed by atoms with Crippen molar-refractivity contribution in [1.29, 1.82) is 0 Å². The molecule has 0 aliphatic rings. The lowest BCUT2D eigenvalue weighted by Gasteiger charge is -2.18. The van der Waals surface area contributed by atoms with Crippen LogP contribution in [0, 0.1) is 0 Å². The van der Waals surface area contributed by atoms with Crippen molar-refractivity contribution in [3.63, 3.8) is 0 Å². The Labute approximate surface area is 148 Å². The van der Waals surface area contributed by atoms with Crippen LogP contribution < -0.4 is 9.47 Å². The van der Waals surface area contributed by atoms with Gasteiger partial charge in [-0.05, 0) is 30.7 Å². The van der Waals surface area contributed by atoms with E-state index in [9.17, 15) is 9.59 Å². The molecule has 6 heteroatoms. The molecule has 0 aliphatic heterocycles. The summed E-state index contributed by atoms with van der Waals surface area (Å²) in [5.41, 5.74) is 0.806. The van der Waals surface area contributed by atoms with Gasteiger partial charge in [0.15, 0.2) is 11.5 Å². The molecule has 0 radical (unpaired) electrons. The van der Waals surface area contributed by atoms with Gasteiger partial charge in [-0.25, -0.2) is 0 Å². The molecule has 136 valence electrons. The zero-order valence-electron chi connectivity index (χ0n) is 15.0. The van der Waals surface area contributed by atoms with Gasteiger partial charge in [0, 0.05) is 19.2 Å². The first-order valence-electron chi connectivity index (χ1n) is 8.01. The number of carbonyl (C=O) groups excluding carboxylic acids is 2.